The van der Waals surface area contributed by atoms with E-state index in [1.807, 2.05) is 30.3 Å². The minimum Gasteiger partial charge on any atom is -0.331 e. The Kier molecular flexibility index (Phi) is 3.06. The first-order chi connectivity index (χ1) is 10.2. The molecule has 4 heterocycles. The van der Waals surface area contributed by atoms with Gasteiger partial charge in [0.2, 0.25) is 5.95 Å². The highest BCUT2D eigenvalue weighted by Gasteiger charge is 2.38. The minimum absolute atomic E-state index is 0.398. The lowest BCUT2D eigenvalue weighted by molar-refractivity contribution is 0.634. The lowest BCUT2D eigenvalue weighted by Crippen LogP contribution is -2.39. The van der Waals surface area contributed by atoms with Crippen LogP contribution in [0.2, 0.25) is 0 Å². The molecule has 0 aliphatic carbocycles. The summed E-state index contributed by atoms with van der Waals surface area (Å²) in [5, 5.41) is 4.28. The van der Waals surface area contributed by atoms with E-state index in [9.17, 15) is 0 Å². The summed E-state index contributed by atoms with van der Waals surface area (Å²) in [5.74, 6) is 0.839. The molecule has 0 saturated carbocycles. The van der Waals surface area contributed by atoms with Gasteiger partial charge in [0.25, 0.3) is 0 Å². The highest BCUT2D eigenvalue weighted by molar-refractivity contribution is 9.10. The summed E-state index contributed by atoms with van der Waals surface area (Å²) in [5.41, 5.74) is 2.62. The topological polar surface area (TPSA) is 46.8 Å². The molecule has 4 rings (SSSR count). The second-order valence-electron chi connectivity index (χ2n) is 5.64. The molecule has 2 aromatic rings. The Hall–Kier alpha value is -1.69. The Morgan fingerprint density at radius 3 is 2.71 bits per heavy atom. The SMILES string of the molecule is Cn1nccc1C1=CC2CCC(C1)N2c1ncc(Br)cn1. The molecule has 2 aromatic heterocycles. The van der Waals surface area contributed by atoms with Crippen LogP contribution in [0.3, 0.4) is 0 Å². The van der Waals surface area contributed by atoms with Crippen LogP contribution in [0.5, 0.6) is 0 Å². The first kappa shape index (κ1) is 13.0. The van der Waals surface area contributed by atoms with Crippen molar-refractivity contribution in [1.82, 2.24) is 19.7 Å². The summed E-state index contributed by atoms with van der Waals surface area (Å²) in [6.45, 7) is 0. The summed E-state index contributed by atoms with van der Waals surface area (Å²) >= 11 is 3.39. The van der Waals surface area contributed by atoms with Crippen LogP contribution in [0.15, 0.2) is 35.2 Å². The fourth-order valence-corrected chi connectivity index (χ4v) is 3.66. The van der Waals surface area contributed by atoms with Crippen molar-refractivity contribution in [3.63, 3.8) is 0 Å². The summed E-state index contributed by atoms with van der Waals surface area (Å²) in [4.78, 5) is 11.3. The zero-order valence-corrected chi connectivity index (χ0v) is 13.4. The normalized spacial score (nSPS) is 24.3. The second-order valence-corrected chi connectivity index (χ2v) is 6.56. The molecule has 2 atom stereocenters. The Labute approximate surface area is 131 Å². The predicted octanol–water partition coefficient (Wildman–Crippen LogP) is 2.80. The molecule has 1 fully saturated rings. The maximum atomic E-state index is 4.47. The van der Waals surface area contributed by atoms with E-state index < -0.39 is 0 Å². The number of aryl methyl sites for hydroxylation is 1. The van der Waals surface area contributed by atoms with Crippen molar-refractivity contribution in [1.29, 1.82) is 0 Å². The van der Waals surface area contributed by atoms with Gasteiger partial charge in [-0.2, -0.15) is 5.10 Å². The van der Waals surface area contributed by atoms with Crippen molar-refractivity contribution in [2.75, 3.05) is 4.90 Å². The highest BCUT2D eigenvalue weighted by atomic mass is 79.9. The van der Waals surface area contributed by atoms with Gasteiger partial charge in [0, 0.05) is 31.7 Å². The molecule has 0 radical (unpaired) electrons. The lowest BCUT2D eigenvalue weighted by atomic mass is 9.99. The Morgan fingerprint density at radius 2 is 2.05 bits per heavy atom. The molecule has 6 heteroatoms. The molecule has 2 bridgehead atoms. The van der Waals surface area contributed by atoms with Crippen LogP contribution < -0.4 is 4.90 Å². The van der Waals surface area contributed by atoms with Crippen molar-refractivity contribution in [3.8, 4) is 0 Å². The van der Waals surface area contributed by atoms with Crippen LogP contribution >= 0.6 is 15.9 Å². The predicted molar refractivity (Wildman–Crippen MR) is 84.8 cm³/mol. The van der Waals surface area contributed by atoms with Gasteiger partial charge >= 0.3 is 0 Å². The molecule has 21 heavy (non-hydrogen) atoms. The van der Waals surface area contributed by atoms with Crippen molar-refractivity contribution < 1.29 is 0 Å². The van der Waals surface area contributed by atoms with E-state index in [-0.39, 0.29) is 0 Å². The number of anilines is 1. The average Bonchev–Trinajstić information content (AvgIpc) is 3.01. The summed E-state index contributed by atoms with van der Waals surface area (Å²) in [7, 11) is 2.00. The first-order valence-electron chi connectivity index (χ1n) is 7.17. The molecular weight excluding hydrogens is 330 g/mol. The van der Waals surface area contributed by atoms with E-state index in [2.05, 4.69) is 48.0 Å². The fraction of sp³-hybridized carbons (Fsp3) is 0.400. The van der Waals surface area contributed by atoms with Gasteiger partial charge in [-0.3, -0.25) is 4.68 Å². The zero-order valence-electron chi connectivity index (χ0n) is 11.8. The minimum atomic E-state index is 0.398. The van der Waals surface area contributed by atoms with E-state index >= 15 is 0 Å². The van der Waals surface area contributed by atoms with Gasteiger partial charge in [0.15, 0.2) is 0 Å². The van der Waals surface area contributed by atoms with E-state index in [4.69, 9.17) is 0 Å². The van der Waals surface area contributed by atoms with E-state index in [1.54, 1.807) is 0 Å². The molecule has 0 amide bonds. The second kappa shape index (κ2) is 4.94. The van der Waals surface area contributed by atoms with Crippen molar-refractivity contribution in [2.24, 2.45) is 7.05 Å². The number of rotatable bonds is 2. The smallest absolute Gasteiger partial charge is 0.226 e. The van der Waals surface area contributed by atoms with Gasteiger partial charge in [-0.1, -0.05) is 6.08 Å². The molecule has 2 unspecified atom stereocenters. The third kappa shape index (κ3) is 2.18. The van der Waals surface area contributed by atoms with Crippen molar-refractivity contribution >= 4 is 27.5 Å². The lowest BCUT2D eigenvalue weighted by Gasteiger charge is -2.34. The van der Waals surface area contributed by atoms with Crippen molar-refractivity contribution in [2.45, 2.75) is 31.3 Å². The standard InChI is InChI=1S/C15H16BrN5/c1-20-14(4-5-19-20)10-6-12-2-3-13(7-10)21(12)15-17-8-11(16)9-18-15/h4-6,8-9,12-13H,2-3,7H2,1H3. The maximum absolute atomic E-state index is 4.47. The number of hydrogen-bond acceptors (Lipinski definition) is 4. The molecule has 2 aliphatic heterocycles. The van der Waals surface area contributed by atoms with Gasteiger partial charge in [0.1, 0.15) is 0 Å². The van der Waals surface area contributed by atoms with Crippen LogP contribution in [0.4, 0.5) is 5.95 Å². The number of hydrogen-bond donors (Lipinski definition) is 0. The monoisotopic (exact) mass is 345 g/mol. The molecule has 2 aliphatic rings. The van der Waals surface area contributed by atoms with Gasteiger partial charge in [-0.15, -0.1) is 0 Å². The molecule has 108 valence electrons. The Bertz CT molecular complexity index is 690. The van der Waals surface area contributed by atoms with Crippen LogP contribution in [0.1, 0.15) is 25.0 Å². The molecule has 1 saturated heterocycles. The average molecular weight is 346 g/mol. The van der Waals surface area contributed by atoms with Crippen LogP contribution in [-0.2, 0) is 7.05 Å². The Balaban J connectivity index is 1.68. The number of aromatic nitrogens is 4. The number of halogens is 1. The zero-order chi connectivity index (χ0) is 14.4. The van der Waals surface area contributed by atoms with Gasteiger partial charge in [-0.05, 0) is 46.8 Å². The van der Waals surface area contributed by atoms with Gasteiger partial charge < -0.3 is 4.90 Å². The largest absolute Gasteiger partial charge is 0.331 e. The molecule has 0 N–H and O–H groups in total. The summed E-state index contributed by atoms with van der Waals surface area (Å²) in [6, 6.07) is 2.98. The number of fused-ring (bicyclic) bond motifs is 2. The quantitative estimate of drug-likeness (QED) is 0.839. The first-order valence-corrected chi connectivity index (χ1v) is 7.96. The fourth-order valence-electron chi connectivity index (χ4n) is 3.46. The molecule has 0 spiro atoms. The van der Waals surface area contributed by atoms with Crippen LogP contribution in [-0.4, -0.2) is 31.8 Å². The van der Waals surface area contributed by atoms with Gasteiger partial charge in [0.05, 0.1) is 16.2 Å². The van der Waals surface area contributed by atoms with E-state index in [1.165, 1.54) is 24.1 Å². The van der Waals surface area contributed by atoms with Crippen LogP contribution in [0, 0.1) is 0 Å². The van der Waals surface area contributed by atoms with Crippen molar-refractivity contribution in [3.05, 3.63) is 40.9 Å². The third-order valence-electron chi connectivity index (χ3n) is 4.38. The van der Waals surface area contributed by atoms with Crippen LogP contribution in [0.25, 0.3) is 5.57 Å². The highest BCUT2D eigenvalue weighted by Crippen LogP contribution is 2.39. The molecule has 5 nitrogen and oxygen atoms in total. The number of nitrogens with zero attached hydrogens (tertiary/aromatic N) is 5. The third-order valence-corrected chi connectivity index (χ3v) is 4.79. The van der Waals surface area contributed by atoms with Gasteiger partial charge in [-0.25, -0.2) is 9.97 Å². The van der Waals surface area contributed by atoms with E-state index in [0.717, 1.165) is 16.8 Å². The molecule has 0 aromatic carbocycles. The molecular formula is C15H16BrN5. The Morgan fingerprint density at radius 1 is 1.24 bits per heavy atom. The van der Waals surface area contributed by atoms with E-state index in [0.29, 0.717) is 12.1 Å². The summed E-state index contributed by atoms with van der Waals surface area (Å²) < 4.78 is 2.87. The summed E-state index contributed by atoms with van der Waals surface area (Å²) in [6.07, 6.45) is 11.3. The maximum Gasteiger partial charge on any atom is 0.226 e.